The zero-order valence-electron chi connectivity index (χ0n) is 8.99. The van der Waals surface area contributed by atoms with Crippen LogP contribution >= 0.6 is 11.3 Å². The molecule has 2 N–H and O–H groups in total. The number of fused-ring (bicyclic) bond motifs is 1. The number of carbonyl (C=O) groups excluding carboxylic acids is 1. The molecule has 2 aromatic rings. The number of nitrogens with zero attached hydrogens (tertiary/aromatic N) is 2. The van der Waals surface area contributed by atoms with Gasteiger partial charge in [0.15, 0.2) is 4.96 Å². The average molecular weight is 275 g/mol. The molecule has 2 heterocycles. The Morgan fingerprint density at radius 3 is 2.67 bits per heavy atom. The van der Waals surface area contributed by atoms with Crippen molar-refractivity contribution >= 4 is 22.2 Å². The van der Waals surface area contributed by atoms with E-state index in [9.17, 15) is 18.0 Å². The highest BCUT2D eigenvalue weighted by Crippen LogP contribution is 2.59. The molecule has 1 amide bonds. The van der Waals surface area contributed by atoms with Crippen molar-refractivity contribution in [1.29, 1.82) is 0 Å². The van der Waals surface area contributed by atoms with E-state index in [1.807, 2.05) is 0 Å². The molecular weight excluding hydrogens is 267 g/mol. The molecule has 0 radical (unpaired) electrons. The normalized spacial score (nSPS) is 18.2. The highest BCUT2D eigenvalue weighted by atomic mass is 32.1. The first-order valence-corrected chi connectivity index (χ1v) is 6.07. The van der Waals surface area contributed by atoms with Gasteiger partial charge in [-0.1, -0.05) is 0 Å². The number of halogens is 3. The van der Waals surface area contributed by atoms with Crippen LogP contribution in [0.1, 0.15) is 29.0 Å². The summed E-state index contributed by atoms with van der Waals surface area (Å²) in [6, 6.07) is 0. The molecule has 0 atom stereocenters. The van der Waals surface area contributed by atoms with Crippen molar-refractivity contribution in [3.05, 3.63) is 23.0 Å². The van der Waals surface area contributed by atoms with Crippen molar-refractivity contribution in [2.45, 2.75) is 24.4 Å². The van der Waals surface area contributed by atoms with Crippen molar-refractivity contribution in [1.82, 2.24) is 9.38 Å². The number of rotatable bonds is 2. The third kappa shape index (κ3) is 1.38. The van der Waals surface area contributed by atoms with E-state index in [0.717, 1.165) is 11.3 Å². The molecule has 4 nitrogen and oxygen atoms in total. The predicted molar refractivity (Wildman–Crippen MR) is 58.6 cm³/mol. The fraction of sp³-hybridized carbons (Fsp3) is 0.400. The summed E-state index contributed by atoms with van der Waals surface area (Å²) >= 11 is 1.08. The second-order valence-corrected chi connectivity index (χ2v) is 5.18. The first kappa shape index (κ1) is 11.5. The SMILES string of the molecule is NC(=O)c1cn2c(C3(C(F)(F)F)CC3)csc2n1. The van der Waals surface area contributed by atoms with Crippen molar-refractivity contribution < 1.29 is 18.0 Å². The number of nitrogens with two attached hydrogens (primary N) is 1. The van der Waals surface area contributed by atoms with Gasteiger partial charge in [0.05, 0.1) is 5.69 Å². The summed E-state index contributed by atoms with van der Waals surface area (Å²) in [5.41, 5.74) is 3.42. The van der Waals surface area contributed by atoms with E-state index < -0.39 is 17.5 Å². The molecule has 0 aliphatic heterocycles. The van der Waals surface area contributed by atoms with Gasteiger partial charge in [-0.05, 0) is 12.8 Å². The van der Waals surface area contributed by atoms with Gasteiger partial charge in [-0.15, -0.1) is 11.3 Å². The Morgan fingerprint density at radius 1 is 1.50 bits per heavy atom. The first-order valence-electron chi connectivity index (χ1n) is 5.19. The number of hydrogen-bond donors (Lipinski definition) is 1. The molecule has 0 aromatic carbocycles. The van der Waals surface area contributed by atoms with Gasteiger partial charge in [-0.3, -0.25) is 9.20 Å². The molecule has 8 heteroatoms. The van der Waals surface area contributed by atoms with E-state index in [2.05, 4.69) is 4.98 Å². The Balaban J connectivity index is 2.16. The van der Waals surface area contributed by atoms with E-state index >= 15 is 0 Å². The molecule has 1 aliphatic carbocycles. The van der Waals surface area contributed by atoms with Crippen molar-refractivity contribution in [2.75, 3.05) is 0 Å². The molecule has 3 rings (SSSR count). The summed E-state index contributed by atoms with van der Waals surface area (Å²) < 4.78 is 40.4. The predicted octanol–water partition coefficient (Wildman–Crippen LogP) is 2.09. The smallest absolute Gasteiger partial charge is 0.364 e. The maximum absolute atomic E-state index is 13.0. The van der Waals surface area contributed by atoms with E-state index in [-0.39, 0.29) is 24.2 Å². The number of imidazole rings is 1. The van der Waals surface area contributed by atoms with Crippen LogP contribution in [0.25, 0.3) is 4.96 Å². The molecule has 1 aliphatic rings. The monoisotopic (exact) mass is 275 g/mol. The first-order chi connectivity index (χ1) is 8.35. The van der Waals surface area contributed by atoms with Gasteiger partial charge < -0.3 is 5.73 Å². The molecular formula is C10H8F3N3OS. The molecule has 0 spiro atoms. The van der Waals surface area contributed by atoms with E-state index in [4.69, 9.17) is 5.73 Å². The number of hydrogen-bond acceptors (Lipinski definition) is 3. The van der Waals surface area contributed by atoms with Gasteiger partial charge in [-0.25, -0.2) is 4.98 Å². The fourth-order valence-corrected chi connectivity index (χ4v) is 3.03. The Kier molecular flexibility index (Phi) is 2.08. The highest BCUT2D eigenvalue weighted by molar-refractivity contribution is 7.15. The van der Waals surface area contributed by atoms with Crippen molar-refractivity contribution in [3.8, 4) is 0 Å². The summed E-state index contributed by atoms with van der Waals surface area (Å²) in [6.45, 7) is 0. The van der Waals surface area contributed by atoms with Gasteiger partial charge in [0, 0.05) is 11.6 Å². The van der Waals surface area contributed by atoms with Crippen LogP contribution in [0.5, 0.6) is 0 Å². The minimum Gasteiger partial charge on any atom is -0.364 e. The van der Waals surface area contributed by atoms with Gasteiger partial charge in [0.2, 0.25) is 0 Å². The number of aromatic nitrogens is 2. The van der Waals surface area contributed by atoms with E-state index in [1.165, 1.54) is 16.0 Å². The van der Waals surface area contributed by atoms with Crippen LogP contribution in [0.4, 0.5) is 13.2 Å². The summed E-state index contributed by atoms with van der Waals surface area (Å²) in [7, 11) is 0. The van der Waals surface area contributed by atoms with E-state index in [0.29, 0.717) is 4.96 Å². The minimum absolute atomic E-state index is 0.0129. The molecule has 0 bridgehead atoms. The lowest BCUT2D eigenvalue weighted by Gasteiger charge is -2.18. The molecule has 18 heavy (non-hydrogen) atoms. The largest absolute Gasteiger partial charge is 0.399 e. The van der Waals surface area contributed by atoms with Gasteiger partial charge >= 0.3 is 6.18 Å². The summed E-state index contributed by atoms with van der Waals surface area (Å²) in [4.78, 5) is 15.2. The van der Waals surface area contributed by atoms with E-state index in [1.54, 1.807) is 0 Å². The van der Waals surface area contributed by atoms with Gasteiger partial charge in [0.1, 0.15) is 11.1 Å². The lowest BCUT2D eigenvalue weighted by atomic mass is 10.0. The fourth-order valence-electron chi connectivity index (χ4n) is 2.06. The van der Waals surface area contributed by atoms with Crippen LogP contribution in [0, 0.1) is 0 Å². The number of thiazole rings is 1. The lowest BCUT2D eigenvalue weighted by molar-refractivity contribution is -0.161. The van der Waals surface area contributed by atoms with Crippen LogP contribution in [0.3, 0.4) is 0 Å². The lowest BCUT2D eigenvalue weighted by Crippen LogP contribution is -2.29. The molecule has 0 unspecified atom stereocenters. The molecule has 96 valence electrons. The van der Waals surface area contributed by atoms with Crippen molar-refractivity contribution in [2.24, 2.45) is 5.73 Å². The maximum Gasteiger partial charge on any atom is 0.399 e. The standard InChI is InChI=1S/C10H8F3N3OS/c11-10(12,13)9(1-2-9)6-4-18-8-15-5(7(14)17)3-16(6)8/h3-4H,1-2H2,(H2,14,17). The Labute approximate surface area is 103 Å². The third-order valence-corrected chi connectivity index (χ3v) is 4.08. The van der Waals surface area contributed by atoms with Crippen molar-refractivity contribution in [3.63, 3.8) is 0 Å². The highest BCUT2D eigenvalue weighted by Gasteiger charge is 2.65. The molecule has 1 fully saturated rings. The number of alkyl halides is 3. The second kappa shape index (κ2) is 3.25. The topological polar surface area (TPSA) is 60.4 Å². The molecule has 1 saturated carbocycles. The van der Waals surface area contributed by atoms with Crippen LogP contribution in [-0.4, -0.2) is 21.5 Å². The molecule has 0 saturated heterocycles. The number of amides is 1. The summed E-state index contributed by atoms with van der Waals surface area (Å²) in [5, 5.41) is 1.45. The molecule has 2 aromatic heterocycles. The third-order valence-electron chi connectivity index (χ3n) is 3.24. The maximum atomic E-state index is 13.0. The Hall–Kier alpha value is -1.57. The van der Waals surface area contributed by atoms with Gasteiger partial charge in [-0.2, -0.15) is 13.2 Å². The quantitative estimate of drug-likeness (QED) is 0.912. The second-order valence-electron chi connectivity index (χ2n) is 4.34. The number of carbonyl (C=O) groups is 1. The summed E-state index contributed by atoms with van der Waals surface area (Å²) in [5.74, 6) is -0.742. The zero-order chi connectivity index (χ0) is 13.1. The Morgan fingerprint density at radius 2 is 2.17 bits per heavy atom. The van der Waals surface area contributed by atoms with Crippen LogP contribution in [-0.2, 0) is 5.41 Å². The van der Waals surface area contributed by atoms with Crippen LogP contribution < -0.4 is 5.73 Å². The van der Waals surface area contributed by atoms with Crippen LogP contribution in [0.2, 0.25) is 0 Å². The van der Waals surface area contributed by atoms with Gasteiger partial charge in [0.25, 0.3) is 5.91 Å². The zero-order valence-corrected chi connectivity index (χ0v) is 9.81. The average Bonchev–Trinajstić information content (AvgIpc) is 2.81. The number of primary amides is 1. The van der Waals surface area contributed by atoms with Crippen LogP contribution in [0.15, 0.2) is 11.6 Å². The summed E-state index contributed by atoms with van der Waals surface area (Å²) in [6.07, 6.45) is -2.85. The minimum atomic E-state index is -4.28. The Bertz CT molecular complexity index is 638.